The fourth-order valence-electron chi connectivity index (χ4n) is 0.912. The molecule has 0 radical (unpaired) electrons. The predicted octanol–water partition coefficient (Wildman–Crippen LogP) is -0.482. The Bertz CT molecular complexity index is 99.9. The van der Waals surface area contributed by atoms with E-state index in [4.69, 9.17) is 9.90 Å². The average molecular weight is 161 g/mol. The maximum absolute atomic E-state index is 8.95. The average Bonchev–Trinajstić information content (AvgIpc) is 2.35. The number of hydrogen-bond acceptors (Lipinski definition) is 4. The molecule has 2 atom stereocenters. The third kappa shape index (κ3) is 5.82. The number of aliphatic hydroxyl groups is 1. The van der Waals surface area contributed by atoms with E-state index < -0.39 is 0 Å². The molecule has 1 aliphatic rings. The van der Waals surface area contributed by atoms with Crippen molar-refractivity contribution in [3.63, 3.8) is 0 Å². The molecule has 0 bridgehead atoms. The molecule has 66 valence electrons. The van der Waals surface area contributed by atoms with Gasteiger partial charge in [0.05, 0.1) is 13.2 Å². The van der Waals surface area contributed by atoms with Crippen LogP contribution in [0.15, 0.2) is 0 Å². The SMILES string of the molecule is COC=O.C[C@@H]1C[C@@H](O)CN1. The number of β-amino-alcohol motifs (C(OH)–C–C–N with tert-alkyl or cyclic N) is 1. The zero-order chi connectivity index (χ0) is 8.69. The first kappa shape index (κ1) is 10.4. The molecule has 0 aliphatic carbocycles. The van der Waals surface area contributed by atoms with Gasteiger partial charge < -0.3 is 15.2 Å². The molecule has 0 aromatic rings. The van der Waals surface area contributed by atoms with E-state index >= 15 is 0 Å². The highest BCUT2D eigenvalue weighted by molar-refractivity contribution is 5.36. The van der Waals surface area contributed by atoms with Crippen molar-refractivity contribution in [1.29, 1.82) is 0 Å². The summed E-state index contributed by atoms with van der Waals surface area (Å²) in [6.45, 7) is 3.23. The van der Waals surface area contributed by atoms with Crippen LogP contribution >= 0.6 is 0 Å². The second kappa shape index (κ2) is 6.12. The Labute approximate surface area is 66.5 Å². The van der Waals surface area contributed by atoms with E-state index in [-0.39, 0.29) is 6.10 Å². The van der Waals surface area contributed by atoms with E-state index in [0.29, 0.717) is 12.5 Å². The number of hydrogen-bond donors (Lipinski definition) is 2. The summed E-state index contributed by atoms with van der Waals surface area (Å²) in [6, 6.07) is 0.523. The van der Waals surface area contributed by atoms with Crippen molar-refractivity contribution in [3.8, 4) is 0 Å². The van der Waals surface area contributed by atoms with Gasteiger partial charge in [-0.2, -0.15) is 0 Å². The Morgan fingerprint density at radius 3 is 2.36 bits per heavy atom. The fraction of sp³-hybridized carbons (Fsp3) is 0.857. The highest BCUT2D eigenvalue weighted by Crippen LogP contribution is 2.03. The van der Waals surface area contributed by atoms with Gasteiger partial charge in [-0.15, -0.1) is 0 Å². The van der Waals surface area contributed by atoms with Crippen LogP contribution in [-0.2, 0) is 9.53 Å². The minimum absolute atomic E-state index is 0.0880. The van der Waals surface area contributed by atoms with Crippen LogP contribution in [0.1, 0.15) is 13.3 Å². The Kier molecular flexibility index (Phi) is 5.78. The molecule has 1 heterocycles. The van der Waals surface area contributed by atoms with Gasteiger partial charge >= 0.3 is 0 Å². The van der Waals surface area contributed by atoms with E-state index in [1.165, 1.54) is 7.11 Å². The Morgan fingerprint density at radius 2 is 2.27 bits per heavy atom. The van der Waals surface area contributed by atoms with Crippen LogP contribution in [0.2, 0.25) is 0 Å². The summed E-state index contributed by atoms with van der Waals surface area (Å²) in [5.41, 5.74) is 0. The maximum atomic E-state index is 8.95. The van der Waals surface area contributed by atoms with E-state index in [9.17, 15) is 0 Å². The summed E-state index contributed by atoms with van der Waals surface area (Å²) in [7, 11) is 1.31. The smallest absolute Gasteiger partial charge is 0.292 e. The van der Waals surface area contributed by atoms with E-state index in [2.05, 4.69) is 17.0 Å². The van der Waals surface area contributed by atoms with Crippen LogP contribution in [0.25, 0.3) is 0 Å². The number of ether oxygens (including phenoxy) is 1. The van der Waals surface area contributed by atoms with Gasteiger partial charge in [0, 0.05) is 12.6 Å². The summed E-state index contributed by atoms with van der Waals surface area (Å²) in [5, 5.41) is 12.0. The normalized spacial score (nSPS) is 28.6. The zero-order valence-corrected chi connectivity index (χ0v) is 6.91. The topological polar surface area (TPSA) is 58.6 Å². The van der Waals surface area contributed by atoms with Crippen molar-refractivity contribution in [3.05, 3.63) is 0 Å². The molecule has 2 N–H and O–H groups in total. The molecular weight excluding hydrogens is 146 g/mol. The highest BCUT2D eigenvalue weighted by atomic mass is 16.5. The molecular formula is C7H15NO3. The first-order valence-electron chi connectivity index (χ1n) is 3.58. The summed E-state index contributed by atoms with van der Waals surface area (Å²) in [6.07, 6.45) is 0.829. The lowest BCUT2D eigenvalue weighted by atomic mass is 10.2. The van der Waals surface area contributed by atoms with Gasteiger partial charge in [-0.1, -0.05) is 0 Å². The second-order valence-corrected chi connectivity index (χ2v) is 2.53. The van der Waals surface area contributed by atoms with Crippen molar-refractivity contribution in [2.45, 2.75) is 25.5 Å². The third-order valence-corrected chi connectivity index (χ3v) is 1.42. The molecule has 0 aromatic heterocycles. The van der Waals surface area contributed by atoms with Gasteiger partial charge in [-0.25, -0.2) is 0 Å². The molecule has 4 heteroatoms. The monoisotopic (exact) mass is 161 g/mol. The Morgan fingerprint density at radius 1 is 1.73 bits per heavy atom. The number of carbonyl (C=O) groups excluding carboxylic acids is 1. The third-order valence-electron chi connectivity index (χ3n) is 1.42. The first-order chi connectivity index (χ1) is 5.20. The number of carbonyl (C=O) groups is 1. The van der Waals surface area contributed by atoms with Gasteiger partial charge in [0.25, 0.3) is 6.47 Å². The zero-order valence-electron chi connectivity index (χ0n) is 6.91. The molecule has 4 nitrogen and oxygen atoms in total. The molecule has 1 fully saturated rings. The molecule has 0 saturated carbocycles. The van der Waals surface area contributed by atoms with E-state index in [1.807, 2.05) is 0 Å². The summed E-state index contributed by atoms with van der Waals surface area (Å²) < 4.78 is 3.86. The van der Waals surface area contributed by atoms with Crippen LogP contribution in [0.5, 0.6) is 0 Å². The molecule has 0 spiro atoms. The molecule has 11 heavy (non-hydrogen) atoms. The van der Waals surface area contributed by atoms with E-state index in [1.54, 1.807) is 0 Å². The van der Waals surface area contributed by atoms with Crippen LogP contribution < -0.4 is 5.32 Å². The quantitative estimate of drug-likeness (QED) is 0.510. The largest absolute Gasteiger partial charge is 0.471 e. The van der Waals surface area contributed by atoms with Crippen molar-refractivity contribution < 1.29 is 14.6 Å². The Hall–Kier alpha value is -0.610. The lowest BCUT2D eigenvalue weighted by Gasteiger charge is -1.95. The van der Waals surface area contributed by atoms with E-state index in [0.717, 1.165) is 13.0 Å². The van der Waals surface area contributed by atoms with Gasteiger partial charge in [-0.05, 0) is 13.3 Å². The van der Waals surface area contributed by atoms with Crippen molar-refractivity contribution in [2.75, 3.05) is 13.7 Å². The molecule has 1 aliphatic heterocycles. The van der Waals surface area contributed by atoms with Gasteiger partial charge in [-0.3, -0.25) is 4.79 Å². The molecule has 1 rings (SSSR count). The maximum Gasteiger partial charge on any atom is 0.292 e. The summed E-state index contributed by atoms with van der Waals surface area (Å²) in [5.74, 6) is 0. The van der Waals surface area contributed by atoms with Crippen LogP contribution in [0.3, 0.4) is 0 Å². The number of rotatable bonds is 1. The van der Waals surface area contributed by atoms with Crippen molar-refractivity contribution in [2.24, 2.45) is 0 Å². The molecule has 1 saturated heterocycles. The number of aliphatic hydroxyl groups excluding tert-OH is 1. The fourth-order valence-corrected chi connectivity index (χ4v) is 0.912. The minimum Gasteiger partial charge on any atom is -0.471 e. The van der Waals surface area contributed by atoms with Crippen LogP contribution in [0.4, 0.5) is 0 Å². The standard InChI is InChI=1S/C5H11NO.C2H4O2/c1-4-2-5(7)3-6-4;1-4-2-3/h4-7H,2-3H2,1H3;2H,1H3/t4-,5-;/m1./s1. The van der Waals surface area contributed by atoms with Gasteiger partial charge in [0.15, 0.2) is 0 Å². The molecule has 0 unspecified atom stereocenters. The number of nitrogens with one attached hydrogen (secondary N) is 1. The van der Waals surface area contributed by atoms with Crippen molar-refractivity contribution in [1.82, 2.24) is 5.32 Å². The second-order valence-electron chi connectivity index (χ2n) is 2.53. The minimum atomic E-state index is -0.0880. The Balaban J connectivity index is 0.000000218. The predicted molar refractivity (Wildman–Crippen MR) is 41.2 cm³/mol. The first-order valence-corrected chi connectivity index (χ1v) is 3.58. The number of methoxy groups -OCH3 is 1. The van der Waals surface area contributed by atoms with Gasteiger partial charge in [0.2, 0.25) is 0 Å². The lowest BCUT2D eigenvalue weighted by Crippen LogP contribution is -2.17. The van der Waals surface area contributed by atoms with Crippen LogP contribution in [0, 0.1) is 0 Å². The molecule has 0 amide bonds. The molecule has 0 aromatic carbocycles. The lowest BCUT2D eigenvalue weighted by molar-refractivity contribution is -0.126. The summed E-state index contributed by atoms with van der Waals surface area (Å²) >= 11 is 0. The highest BCUT2D eigenvalue weighted by Gasteiger charge is 2.16. The van der Waals surface area contributed by atoms with Gasteiger partial charge in [0.1, 0.15) is 0 Å². The summed E-state index contributed by atoms with van der Waals surface area (Å²) in [4.78, 5) is 8.95. The van der Waals surface area contributed by atoms with Crippen molar-refractivity contribution >= 4 is 6.47 Å². The van der Waals surface area contributed by atoms with Crippen LogP contribution in [-0.4, -0.2) is 37.4 Å².